The summed E-state index contributed by atoms with van der Waals surface area (Å²) in [4.78, 5) is 10.9. The lowest BCUT2D eigenvalue weighted by atomic mass is 9.98. The molecule has 0 aliphatic carbocycles. The number of nitrogens with zero attached hydrogens (tertiary/aromatic N) is 3. The lowest BCUT2D eigenvalue weighted by Gasteiger charge is -2.32. The van der Waals surface area contributed by atoms with E-state index in [2.05, 4.69) is 41.0 Å². The van der Waals surface area contributed by atoms with Crippen LogP contribution in [0, 0.1) is 5.92 Å². The maximum Gasteiger partial charge on any atom is 0.134 e. The molecule has 0 unspecified atom stereocenters. The molecule has 1 aromatic heterocycles. The maximum absolute atomic E-state index is 9.17. The number of hydrogen-bond acceptors (Lipinski definition) is 5. The molecule has 2 N–H and O–H groups in total. The summed E-state index contributed by atoms with van der Waals surface area (Å²) < 4.78 is 0. The first-order chi connectivity index (χ1) is 8.98. The van der Waals surface area contributed by atoms with Gasteiger partial charge in [-0.3, -0.25) is 0 Å². The van der Waals surface area contributed by atoms with E-state index in [-0.39, 0.29) is 5.54 Å². The Balaban J connectivity index is 2.03. The second kappa shape index (κ2) is 5.74. The smallest absolute Gasteiger partial charge is 0.134 e. The molecule has 0 bridgehead atoms. The number of hydrogen-bond donors (Lipinski definition) is 2. The average Bonchev–Trinajstić information content (AvgIpc) is 2.37. The van der Waals surface area contributed by atoms with Crippen LogP contribution in [0.4, 0.5) is 11.6 Å². The van der Waals surface area contributed by atoms with Crippen LogP contribution >= 0.6 is 0 Å². The molecule has 0 radical (unpaired) electrons. The van der Waals surface area contributed by atoms with Crippen LogP contribution in [0.15, 0.2) is 12.4 Å². The fourth-order valence-corrected chi connectivity index (χ4v) is 2.32. The molecule has 2 heterocycles. The van der Waals surface area contributed by atoms with E-state index in [1.807, 2.05) is 6.07 Å². The summed E-state index contributed by atoms with van der Waals surface area (Å²) >= 11 is 0. The zero-order valence-corrected chi connectivity index (χ0v) is 12.1. The van der Waals surface area contributed by atoms with Gasteiger partial charge >= 0.3 is 0 Å². The second-order valence-electron chi connectivity index (χ2n) is 6.25. The number of piperidine rings is 1. The molecule has 0 atom stereocenters. The number of aliphatic hydroxyl groups excluding tert-OH is 1. The van der Waals surface area contributed by atoms with Crippen LogP contribution in [0.3, 0.4) is 0 Å². The minimum atomic E-state index is -0.00446. The Hall–Kier alpha value is -1.36. The van der Waals surface area contributed by atoms with Crippen LogP contribution in [-0.4, -0.2) is 40.3 Å². The summed E-state index contributed by atoms with van der Waals surface area (Å²) in [6, 6.07) is 2.00. The molecule has 1 aromatic rings. The van der Waals surface area contributed by atoms with Gasteiger partial charge in [0.05, 0.1) is 0 Å². The fraction of sp³-hybridized carbons (Fsp3) is 0.714. The maximum atomic E-state index is 9.17. The van der Waals surface area contributed by atoms with Gasteiger partial charge in [-0.25, -0.2) is 9.97 Å². The molecule has 1 aliphatic rings. The zero-order valence-electron chi connectivity index (χ0n) is 12.1. The minimum Gasteiger partial charge on any atom is -0.396 e. The van der Waals surface area contributed by atoms with Crippen LogP contribution in [0.2, 0.25) is 0 Å². The third-order valence-electron chi connectivity index (χ3n) is 3.35. The number of anilines is 2. The van der Waals surface area contributed by atoms with E-state index in [1.54, 1.807) is 6.33 Å². The standard InChI is InChI=1S/C14H24N4O/c1-14(2,3)17-12-8-13(16-10-15-12)18-6-4-11(9-19)5-7-18/h8,10-11,19H,4-7,9H2,1-3H3,(H,15,16,17). The summed E-state index contributed by atoms with van der Waals surface area (Å²) in [5, 5.41) is 12.5. The van der Waals surface area contributed by atoms with Crippen molar-refractivity contribution in [3.8, 4) is 0 Å². The fourth-order valence-electron chi connectivity index (χ4n) is 2.32. The summed E-state index contributed by atoms with van der Waals surface area (Å²) in [5.41, 5.74) is -0.00446. The van der Waals surface area contributed by atoms with E-state index in [4.69, 9.17) is 5.11 Å². The molecule has 106 valence electrons. The normalized spacial score (nSPS) is 17.6. The molecule has 0 aromatic carbocycles. The van der Waals surface area contributed by atoms with Gasteiger partial charge in [0.15, 0.2) is 0 Å². The Bertz CT molecular complexity index is 408. The second-order valence-corrected chi connectivity index (χ2v) is 6.25. The Morgan fingerprint density at radius 3 is 2.58 bits per heavy atom. The van der Waals surface area contributed by atoms with Crippen LogP contribution in [-0.2, 0) is 0 Å². The van der Waals surface area contributed by atoms with Crippen LogP contribution < -0.4 is 10.2 Å². The Morgan fingerprint density at radius 2 is 2.00 bits per heavy atom. The van der Waals surface area contributed by atoms with E-state index in [0.717, 1.165) is 37.6 Å². The molecule has 5 heteroatoms. The Kier molecular flexibility index (Phi) is 4.24. The van der Waals surface area contributed by atoms with E-state index in [1.165, 1.54) is 0 Å². The molecular weight excluding hydrogens is 240 g/mol. The first-order valence-corrected chi connectivity index (χ1v) is 6.94. The van der Waals surface area contributed by atoms with Crippen molar-refractivity contribution < 1.29 is 5.11 Å². The number of aromatic nitrogens is 2. The summed E-state index contributed by atoms with van der Waals surface area (Å²) in [6.07, 6.45) is 3.67. The largest absolute Gasteiger partial charge is 0.396 e. The molecular formula is C14H24N4O. The van der Waals surface area contributed by atoms with E-state index >= 15 is 0 Å². The average molecular weight is 264 g/mol. The quantitative estimate of drug-likeness (QED) is 0.873. The van der Waals surface area contributed by atoms with Crippen molar-refractivity contribution in [1.82, 2.24) is 9.97 Å². The highest BCUT2D eigenvalue weighted by Gasteiger charge is 2.20. The van der Waals surface area contributed by atoms with E-state index < -0.39 is 0 Å². The number of rotatable bonds is 3. The monoisotopic (exact) mass is 264 g/mol. The molecule has 2 rings (SSSR count). The van der Waals surface area contributed by atoms with Gasteiger partial charge in [0.1, 0.15) is 18.0 Å². The molecule has 5 nitrogen and oxygen atoms in total. The predicted octanol–water partition coefficient (Wildman–Crippen LogP) is 1.90. The summed E-state index contributed by atoms with van der Waals surface area (Å²) in [6.45, 7) is 8.55. The first kappa shape index (κ1) is 14.1. The summed E-state index contributed by atoms with van der Waals surface area (Å²) in [7, 11) is 0. The molecule has 0 spiro atoms. The van der Waals surface area contributed by atoms with Gasteiger partial charge in [0, 0.05) is 31.3 Å². The highest BCUT2D eigenvalue weighted by molar-refractivity contribution is 5.49. The van der Waals surface area contributed by atoms with Gasteiger partial charge < -0.3 is 15.3 Å². The van der Waals surface area contributed by atoms with Crippen LogP contribution in [0.1, 0.15) is 33.6 Å². The number of nitrogens with one attached hydrogen (secondary N) is 1. The highest BCUT2D eigenvalue weighted by atomic mass is 16.3. The zero-order chi connectivity index (χ0) is 13.9. The Labute approximate surface area is 115 Å². The van der Waals surface area contributed by atoms with Gasteiger partial charge in [-0.1, -0.05) is 0 Å². The van der Waals surface area contributed by atoms with Crippen molar-refractivity contribution in [2.75, 3.05) is 29.9 Å². The van der Waals surface area contributed by atoms with Crippen molar-refractivity contribution in [3.63, 3.8) is 0 Å². The van der Waals surface area contributed by atoms with Crippen molar-refractivity contribution in [1.29, 1.82) is 0 Å². The van der Waals surface area contributed by atoms with Gasteiger partial charge in [0.25, 0.3) is 0 Å². The van der Waals surface area contributed by atoms with Crippen molar-refractivity contribution >= 4 is 11.6 Å². The Morgan fingerprint density at radius 1 is 1.32 bits per heavy atom. The minimum absolute atomic E-state index is 0.00446. The van der Waals surface area contributed by atoms with Crippen LogP contribution in [0.5, 0.6) is 0 Å². The molecule has 0 saturated carbocycles. The third kappa shape index (κ3) is 4.06. The lowest BCUT2D eigenvalue weighted by molar-refractivity contribution is 0.203. The van der Waals surface area contributed by atoms with Gasteiger partial charge in [-0.15, -0.1) is 0 Å². The number of aliphatic hydroxyl groups is 1. The van der Waals surface area contributed by atoms with E-state index in [9.17, 15) is 0 Å². The van der Waals surface area contributed by atoms with Crippen molar-refractivity contribution in [2.45, 2.75) is 39.2 Å². The topological polar surface area (TPSA) is 61.3 Å². The lowest BCUT2D eigenvalue weighted by Crippen LogP contribution is -2.35. The highest BCUT2D eigenvalue weighted by Crippen LogP contribution is 2.23. The summed E-state index contributed by atoms with van der Waals surface area (Å²) in [5.74, 6) is 2.28. The predicted molar refractivity (Wildman–Crippen MR) is 77.4 cm³/mol. The molecule has 1 aliphatic heterocycles. The third-order valence-corrected chi connectivity index (χ3v) is 3.35. The first-order valence-electron chi connectivity index (χ1n) is 6.94. The van der Waals surface area contributed by atoms with Crippen molar-refractivity contribution in [3.05, 3.63) is 12.4 Å². The molecule has 19 heavy (non-hydrogen) atoms. The van der Waals surface area contributed by atoms with Crippen molar-refractivity contribution in [2.24, 2.45) is 5.92 Å². The SMILES string of the molecule is CC(C)(C)Nc1cc(N2CCC(CO)CC2)ncn1. The molecule has 0 amide bonds. The van der Waals surface area contributed by atoms with E-state index in [0.29, 0.717) is 12.5 Å². The molecule has 1 fully saturated rings. The van der Waals surface area contributed by atoms with Gasteiger partial charge in [0.2, 0.25) is 0 Å². The van der Waals surface area contributed by atoms with Crippen LogP contribution in [0.25, 0.3) is 0 Å². The van der Waals surface area contributed by atoms with Gasteiger partial charge in [-0.05, 0) is 39.5 Å². The molecule has 1 saturated heterocycles. The van der Waals surface area contributed by atoms with Gasteiger partial charge in [-0.2, -0.15) is 0 Å².